The fourth-order valence-electron chi connectivity index (χ4n) is 2.24. The van der Waals surface area contributed by atoms with E-state index in [-0.39, 0.29) is 12.0 Å². The van der Waals surface area contributed by atoms with Gasteiger partial charge in [-0.15, -0.1) is 0 Å². The standard InChI is InChI=1S/C14H18N2O3/c1-4-14(12(17)15-13(18)16-14)10-5-7-11(8-6-10)19-9(2)3/h5-9H,4H2,1-3H3,(H2,15,16,17,18)/t14-/m0/s1. The van der Waals surface area contributed by atoms with E-state index < -0.39 is 11.6 Å². The van der Waals surface area contributed by atoms with Crippen LogP contribution in [0, 0.1) is 0 Å². The van der Waals surface area contributed by atoms with Gasteiger partial charge in [0, 0.05) is 0 Å². The molecular formula is C14H18N2O3. The number of urea groups is 1. The largest absolute Gasteiger partial charge is 0.491 e. The third-order valence-corrected chi connectivity index (χ3v) is 3.19. The highest BCUT2D eigenvalue weighted by atomic mass is 16.5. The summed E-state index contributed by atoms with van der Waals surface area (Å²) in [5.74, 6) is 0.437. The highest BCUT2D eigenvalue weighted by molar-refractivity contribution is 6.07. The predicted molar refractivity (Wildman–Crippen MR) is 70.8 cm³/mol. The van der Waals surface area contributed by atoms with Crippen LogP contribution >= 0.6 is 0 Å². The average Bonchev–Trinajstić information content (AvgIpc) is 2.65. The number of carbonyl (C=O) groups excluding carboxylic acids is 2. The summed E-state index contributed by atoms with van der Waals surface area (Å²) < 4.78 is 5.56. The molecule has 1 aliphatic heterocycles. The van der Waals surface area contributed by atoms with Crippen molar-refractivity contribution in [1.29, 1.82) is 0 Å². The molecule has 19 heavy (non-hydrogen) atoms. The maximum absolute atomic E-state index is 12.0. The lowest BCUT2D eigenvalue weighted by molar-refractivity contribution is -0.124. The third-order valence-electron chi connectivity index (χ3n) is 3.19. The molecule has 2 N–H and O–H groups in total. The van der Waals surface area contributed by atoms with Crippen molar-refractivity contribution < 1.29 is 14.3 Å². The summed E-state index contributed by atoms with van der Waals surface area (Å²) in [4.78, 5) is 23.3. The average molecular weight is 262 g/mol. The van der Waals surface area contributed by atoms with Gasteiger partial charge in [0.1, 0.15) is 11.3 Å². The molecule has 1 saturated heterocycles. The van der Waals surface area contributed by atoms with Gasteiger partial charge in [-0.1, -0.05) is 19.1 Å². The minimum Gasteiger partial charge on any atom is -0.491 e. The normalized spacial score (nSPS) is 22.3. The Morgan fingerprint density at radius 1 is 1.21 bits per heavy atom. The van der Waals surface area contributed by atoms with Crippen LogP contribution in [-0.4, -0.2) is 18.0 Å². The Morgan fingerprint density at radius 3 is 2.26 bits per heavy atom. The molecule has 5 heteroatoms. The van der Waals surface area contributed by atoms with Gasteiger partial charge in [0.2, 0.25) is 0 Å². The van der Waals surface area contributed by atoms with E-state index in [1.165, 1.54) is 0 Å². The molecule has 0 saturated carbocycles. The highest BCUT2D eigenvalue weighted by Gasteiger charge is 2.46. The molecular weight excluding hydrogens is 244 g/mol. The van der Waals surface area contributed by atoms with Gasteiger partial charge >= 0.3 is 6.03 Å². The quantitative estimate of drug-likeness (QED) is 0.815. The number of carbonyl (C=O) groups is 2. The highest BCUT2D eigenvalue weighted by Crippen LogP contribution is 2.29. The number of hydrogen-bond donors (Lipinski definition) is 2. The number of amides is 3. The van der Waals surface area contributed by atoms with Crippen LogP contribution in [0.5, 0.6) is 5.75 Å². The zero-order valence-electron chi connectivity index (χ0n) is 11.3. The van der Waals surface area contributed by atoms with Gasteiger partial charge in [0.15, 0.2) is 0 Å². The van der Waals surface area contributed by atoms with E-state index in [1.54, 1.807) is 0 Å². The third kappa shape index (κ3) is 2.41. The molecule has 1 aromatic carbocycles. The van der Waals surface area contributed by atoms with E-state index in [0.29, 0.717) is 6.42 Å². The molecule has 1 atom stereocenters. The van der Waals surface area contributed by atoms with Gasteiger partial charge in [-0.25, -0.2) is 4.79 Å². The second kappa shape index (κ2) is 4.91. The van der Waals surface area contributed by atoms with Gasteiger partial charge in [0.05, 0.1) is 6.10 Å². The van der Waals surface area contributed by atoms with Crippen molar-refractivity contribution in [3.63, 3.8) is 0 Å². The lowest BCUT2D eigenvalue weighted by Gasteiger charge is -2.25. The molecule has 0 bridgehead atoms. The van der Waals surface area contributed by atoms with Crippen molar-refractivity contribution in [3.05, 3.63) is 29.8 Å². The first kappa shape index (κ1) is 13.4. The van der Waals surface area contributed by atoms with Crippen LogP contribution in [0.15, 0.2) is 24.3 Å². The molecule has 5 nitrogen and oxygen atoms in total. The Bertz CT molecular complexity index is 496. The Morgan fingerprint density at radius 2 is 1.84 bits per heavy atom. The van der Waals surface area contributed by atoms with Crippen LogP contribution < -0.4 is 15.4 Å². The first-order chi connectivity index (χ1) is 8.98. The predicted octanol–water partition coefficient (Wildman–Crippen LogP) is 1.92. The molecule has 0 spiro atoms. The SMILES string of the molecule is CC[C@@]1(c2ccc(OC(C)C)cc2)NC(=O)NC1=O. The second-order valence-corrected chi connectivity index (χ2v) is 4.86. The molecule has 102 valence electrons. The first-order valence-electron chi connectivity index (χ1n) is 6.38. The summed E-state index contributed by atoms with van der Waals surface area (Å²) in [6.07, 6.45) is 0.593. The Labute approximate surface area is 112 Å². The summed E-state index contributed by atoms with van der Waals surface area (Å²) in [7, 11) is 0. The smallest absolute Gasteiger partial charge is 0.322 e. The monoisotopic (exact) mass is 262 g/mol. The fraction of sp³-hybridized carbons (Fsp3) is 0.429. The summed E-state index contributed by atoms with van der Waals surface area (Å²) in [6.45, 7) is 5.77. The number of benzene rings is 1. The number of imide groups is 1. The molecule has 0 unspecified atom stereocenters. The second-order valence-electron chi connectivity index (χ2n) is 4.86. The number of ether oxygens (including phenoxy) is 1. The summed E-state index contributed by atoms with van der Waals surface area (Å²) in [5.41, 5.74) is -0.206. The lowest BCUT2D eigenvalue weighted by Crippen LogP contribution is -2.43. The van der Waals surface area contributed by atoms with Crippen molar-refractivity contribution in [2.75, 3.05) is 0 Å². The molecule has 1 heterocycles. The van der Waals surface area contributed by atoms with Crippen molar-refractivity contribution in [2.45, 2.75) is 38.8 Å². The zero-order valence-corrected chi connectivity index (χ0v) is 11.3. The minimum atomic E-state index is -0.965. The molecule has 1 aliphatic rings. The fourth-order valence-corrected chi connectivity index (χ4v) is 2.24. The van der Waals surface area contributed by atoms with Gasteiger partial charge in [-0.2, -0.15) is 0 Å². The Kier molecular flexibility index (Phi) is 3.46. The van der Waals surface area contributed by atoms with E-state index in [9.17, 15) is 9.59 Å². The summed E-state index contributed by atoms with van der Waals surface area (Å²) in [6, 6.07) is 6.79. The molecule has 3 amide bonds. The van der Waals surface area contributed by atoms with Crippen LogP contribution in [0.25, 0.3) is 0 Å². The number of nitrogens with one attached hydrogen (secondary N) is 2. The van der Waals surface area contributed by atoms with Crippen LogP contribution in [0.1, 0.15) is 32.8 Å². The lowest BCUT2D eigenvalue weighted by atomic mass is 9.87. The van der Waals surface area contributed by atoms with E-state index in [2.05, 4.69) is 10.6 Å². The molecule has 2 rings (SSSR count). The van der Waals surface area contributed by atoms with E-state index in [0.717, 1.165) is 11.3 Å². The molecule has 0 radical (unpaired) electrons. The number of hydrogen-bond acceptors (Lipinski definition) is 3. The van der Waals surface area contributed by atoms with Crippen molar-refractivity contribution in [1.82, 2.24) is 10.6 Å². The van der Waals surface area contributed by atoms with Gasteiger partial charge in [-0.05, 0) is 38.0 Å². The maximum atomic E-state index is 12.0. The molecule has 1 fully saturated rings. The van der Waals surface area contributed by atoms with Gasteiger partial charge < -0.3 is 10.1 Å². The van der Waals surface area contributed by atoms with Crippen LogP contribution in [0.4, 0.5) is 4.79 Å². The zero-order chi connectivity index (χ0) is 14.0. The Hall–Kier alpha value is -2.04. The Balaban J connectivity index is 2.30. The topological polar surface area (TPSA) is 67.4 Å². The van der Waals surface area contributed by atoms with E-state index in [1.807, 2.05) is 45.0 Å². The van der Waals surface area contributed by atoms with Crippen LogP contribution in [0.2, 0.25) is 0 Å². The molecule has 1 aromatic rings. The van der Waals surface area contributed by atoms with Crippen LogP contribution in [-0.2, 0) is 10.3 Å². The van der Waals surface area contributed by atoms with Crippen molar-refractivity contribution in [2.24, 2.45) is 0 Å². The number of rotatable bonds is 4. The minimum absolute atomic E-state index is 0.0977. The van der Waals surface area contributed by atoms with E-state index >= 15 is 0 Å². The molecule has 0 aromatic heterocycles. The first-order valence-corrected chi connectivity index (χ1v) is 6.38. The van der Waals surface area contributed by atoms with Crippen LogP contribution in [0.3, 0.4) is 0 Å². The summed E-state index contributed by atoms with van der Waals surface area (Å²) >= 11 is 0. The van der Waals surface area contributed by atoms with Crippen molar-refractivity contribution in [3.8, 4) is 5.75 Å². The molecule has 0 aliphatic carbocycles. The van der Waals surface area contributed by atoms with Crippen molar-refractivity contribution >= 4 is 11.9 Å². The van der Waals surface area contributed by atoms with E-state index in [4.69, 9.17) is 4.74 Å². The maximum Gasteiger partial charge on any atom is 0.322 e. The van der Waals surface area contributed by atoms with Gasteiger partial charge in [-0.3, -0.25) is 10.1 Å². The summed E-state index contributed by atoms with van der Waals surface area (Å²) in [5, 5.41) is 4.99. The van der Waals surface area contributed by atoms with Gasteiger partial charge in [0.25, 0.3) is 5.91 Å².